The molecule has 0 heterocycles. The number of halogens is 1. The van der Waals surface area contributed by atoms with E-state index in [2.05, 4.69) is 0 Å². The van der Waals surface area contributed by atoms with Crippen LogP contribution in [0.25, 0.3) is 0 Å². The molecule has 6 heteroatoms. The molecule has 0 fully saturated rings. The summed E-state index contributed by atoms with van der Waals surface area (Å²) in [5, 5.41) is 8.41. The quantitative estimate of drug-likeness (QED) is 0.544. The van der Waals surface area contributed by atoms with Crippen LogP contribution in [0.4, 0.5) is 0 Å². The van der Waals surface area contributed by atoms with E-state index in [0.29, 0.717) is 0 Å². The molecule has 0 aromatic carbocycles. The third kappa shape index (κ3) is 5.12. The van der Waals surface area contributed by atoms with Gasteiger partial charge in [-0.2, -0.15) is 0 Å². The Bertz CT molecular complexity index is 162. The van der Waals surface area contributed by atoms with Crippen molar-refractivity contribution in [1.29, 1.82) is 0 Å². The van der Waals surface area contributed by atoms with Crippen molar-refractivity contribution in [3.63, 3.8) is 0 Å². The number of rotatable bonds is 6. The monoisotopic (exact) mass is 216 g/mol. The highest BCUT2D eigenvalue weighted by molar-refractivity contribution is 7.55. The van der Waals surface area contributed by atoms with Crippen molar-refractivity contribution in [3.8, 4) is 0 Å². The highest BCUT2D eigenvalue weighted by atomic mass is 35.5. The Morgan fingerprint density at radius 3 is 2.50 bits per heavy atom. The Morgan fingerprint density at radius 1 is 1.58 bits per heavy atom. The molecule has 0 amide bonds. The van der Waals surface area contributed by atoms with Crippen LogP contribution >= 0.6 is 19.2 Å². The van der Waals surface area contributed by atoms with Gasteiger partial charge in [0.05, 0.1) is 19.3 Å². The molecule has 0 aliphatic heterocycles. The Morgan fingerprint density at radius 2 is 2.17 bits per heavy atom. The highest BCUT2D eigenvalue weighted by Crippen LogP contribution is 2.49. The number of hydrogen-bond donors (Lipinski definition) is 1. The summed E-state index contributed by atoms with van der Waals surface area (Å²) in [7, 11) is -3.17. The van der Waals surface area contributed by atoms with Gasteiger partial charge >= 0.3 is 7.60 Å². The molecule has 0 radical (unpaired) electrons. The third-order valence-electron chi connectivity index (χ3n) is 0.897. The Hall–Kier alpha value is 0.400. The molecule has 0 rings (SSSR count). The van der Waals surface area contributed by atoms with Crippen LogP contribution < -0.4 is 0 Å². The van der Waals surface area contributed by atoms with Gasteiger partial charge in [-0.1, -0.05) is 0 Å². The Kier molecular flexibility index (Phi) is 6.14. The van der Waals surface area contributed by atoms with E-state index >= 15 is 0 Å². The third-order valence-corrected chi connectivity index (χ3v) is 3.39. The van der Waals surface area contributed by atoms with Crippen molar-refractivity contribution in [2.24, 2.45) is 0 Å². The average Bonchev–Trinajstić information content (AvgIpc) is 2.00. The first kappa shape index (κ1) is 12.4. The Balaban J connectivity index is 3.96. The molecule has 1 atom stereocenters. The fraction of sp³-hybridized carbons (Fsp3) is 1.00. The van der Waals surface area contributed by atoms with E-state index < -0.39 is 7.60 Å². The van der Waals surface area contributed by atoms with E-state index in [4.69, 9.17) is 25.8 Å². The number of aliphatic hydroxyl groups excluding tert-OH is 1. The summed E-state index contributed by atoms with van der Waals surface area (Å²) in [6.45, 7) is 3.27. The van der Waals surface area contributed by atoms with E-state index in [-0.39, 0.29) is 24.9 Å². The van der Waals surface area contributed by atoms with Crippen LogP contribution in [0.15, 0.2) is 0 Å². The zero-order valence-electron chi connectivity index (χ0n) is 7.20. The Labute approximate surface area is 77.4 Å². The maximum Gasteiger partial charge on any atom is 0.345 e. The molecule has 0 saturated heterocycles. The topological polar surface area (TPSA) is 55.8 Å². The predicted octanol–water partition coefficient (Wildman–Crippen LogP) is 1.81. The molecule has 0 aliphatic carbocycles. The van der Waals surface area contributed by atoms with Crippen molar-refractivity contribution in [3.05, 3.63) is 0 Å². The molecular formula is C6H14ClO4P. The summed E-state index contributed by atoms with van der Waals surface area (Å²) < 4.78 is 21.2. The largest absolute Gasteiger partial charge is 0.394 e. The molecule has 1 N–H and O–H groups in total. The van der Waals surface area contributed by atoms with Gasteiger partial charge < -0.3 is 14.2 Å². The van der Waals surface area contributed by atoms with Gasteiger partial charge in [0, 0.05) is 0 Å². The molecule has 0 aromatic heterocycles. The second-order valence-corrected chi connectivity index (χ2v) is 5.09. The summed E-state index contributed by atoms with van der Waals surface area (Å²) in [6, 6.07) is 0. The average molecular weight is 217 g/mol. The van der Waals surface area contributed by atoms with Gasteiger partial charge in [-0.15, -0.1) is 11.6 Å². The number of aliphatic hydroxyl groups is 1. The minimum absolute atomic E-state index is 0.0171. The first-order chi connectivity index (χ1) is 5.54. The van der Waals surface area contributed by atoms with Gasteiger partial charge in [0.15, 0.2) is 0 Å². The summed E-state index contributed by atoms with van der Waals surface area (Å²) >= 11 is 5.39. The number of hydrogen-bond acceptors (Lipinski definition) is 4. The van der Waals surface area contributed by atoms with Crippen LogP contribution in [0.1, 0.15) is 13.8 Å². The lowest BCUT2D eigenvalue weighted by molar-refractivity contribution is 0.144. The van der Waals surface area contributed by atoms with E-state index in [1.165, 1.54) is 0 Å². The first-order valence-corrected chi connectivity index (χ1v) is 5.89. The highest BCUT2D eigenvalue weighted by Gasteiger charge is 2.24. The van der Waals surface area contributed by atoms with E-state index in [0.717, 1.165) is 0 Å². The van der Waals surface area contributed by atoms with Crippen LogP contribution in [0.3, 0.4) is 0 Å². The smallest absolute Gasteiger partial charge is 0.345 e. The zero-order valence-corrected chi connectivity index (χ0v) is 8.85. The predicted molar refractivity (Wildman–Crippen MR) is 47.6 cm³/mol. The normalized spacial score (nSPS) is 16.4. The molecule has 0 aromatic rings. The van der Waals surface area contributed by atoms with Crippen molar-refractivity contribution >= 4 is 19.2 Å². The molecule has 0 bridgehead atoms. The van der Waals surface area contributed by atoms with E-state index in [1.54, 1.807) is 13.8 Å². The van der Waals surface area contributed by atoms with Crippen LogP contribution in [0, 0.1) is 0 Å². The molecular weight excluding hydrogens is 202 g/mol. The van der Waals surface area contributed by atoms with Crippen LogP contribution in [0.5, 0.6) is 0 Å². The second-order valence-electron chi connectivity index (χ2n) is 2.44. The minimum atomic E-state index is -3.17. The van der Waals surface area contributed by atoms with E-state index in [9.17, 15) is 4.57 Å². The summed E-state index contributed by atoms with van der Waals surface area (Å²) in [5.41, 5.74) is -0.189. The molecule has 74 valence electrons. The first-order valence-electron chi connectivity index (χ1n) is 3.63. The maximum atomic E-state index is 11.5. The molecule has 0 spiro atoms. The SMILES string of the molecule is CC(C)O[P@@](=O)(CCl)OCCO. The van der Waals surface area contributed by atoms with E-state index in [1.807, 2.05) is 0 Å². The van der Waals surface area contributed by atoms with Crippen LogP contribution in [-0.4, -0.2) is 30.0 Å². The minimum Gasteiger partial charge on any atom is -0.394 e. The van der Waals surface area contributed by atoms with Gasteiger partial charge in [0.1, 0.15) is 5.62 Å². The maximum absolute atomic E-state index is 11.5. The standard InChI is InChI=1S/C6H14ClO4P/c1-6(2)11-12(9,5-7)10-4-3-8/h6,8H,3-5H2,1-2H3/t12-/m1/s1. The second kappa shape index (κ2) is 5.95. The summed E-state index contributed by atoms with van der Waals surface area (Å²) in [4.78, 5) is 0. The summed E-state index contributed by atoms with van der Waals surface area (Å²) in [6.07, 6.45) is -0.201. The fourth-order valence-corrected chi connectivity index (χ4v) is 2.16. The van der Waals surface area contributed by atoms with Gasteiger partial charge in [-0.3, -0.25) is 4.57 Å². The molecule has 0 aliphatic rings. The summed E-state index contributed by atoms with van der Waals surface area (Å²) in [5.74, 6) is 0. The van der Waals surface area contributed by atoms with Crippen molar-refractivity contribution in [2.75, 3.05) is 18.8 Å². The zero-order chi connectivity index (χ0) is 9.61. The molecule has 12 heavy (non-hydrogen) atoms. The molecule has 4 nitrogen and oxygen atoms in total. The van der Waals surface area contributed by atoms with Crippen LogP contribution in [-0.2, 0) is 13.6 Å². The van der Waals surface area contributed by atoms with Gasteiger partial charge in [-0.05, 0) is 13.8 Å². The lowest BCUT2D eigenvalue weighted by Crippen LogP contribution is -2.06. The van der Waals surface area contributed by atoms with Gasteiger partial charge in [-0.25, -0.2) is 0 Å². The lowest BCUT2D eigenvalue weighted by atomic mass is 10.5. The van der Waals surface area contributed by atoms with Gasteiger partial charge in [0.25, 0.3) is 0 Å². The van der Waals surface area contributed by atoms with Crippen LogP contribution in [0.2, 0.25) is 0 Å². The van der Waals surface area contributed by atoms with Crippen molar-refractivity contribution in [2.45, 2.75) is 20.0 Å². The number of alkyl halides is 1. The van der Waals surface area contributed by atoms with Crippen molar-refractivity contribution in [1.82, 2.24) is 0 Å². The van der Waals surface area contributed by atoms with Crippen molar-refractivity contribution < 1.29 is 18.7 Å². The molecule has 0 saturated carbocycles. The fourth-order valence-electron chi connectivity index (χ4n) is 0.594. The lowest BCUT2D eigenvalue weighted by Gasteiger charge is -2.17. The molecule has 0 unspecified atom stereocenters. The van der Waals surface area contributed by atoms with Gasteiger partial charge in [0.2, 0.25) is 0 Å².